The molecular formula is C15H17N3O. The number of aryl methyl sites for hydroxylation is 2. The lowest BCUT2D eigenvalue weighted by atomic mass is 10.2. The van der Waals surface area contributed by atoms with Gasteiger partial charge >= 0.3 is 0 Å². The SMILES string of the molecule is CCc1ccc(Oc2nc(C)ccc2C(=N)N)cc1. The zero-order valence-corrected chi connectivity index (χ0v) is 11.1. The average Bonchev–Trinajstić information content (AvgIpc) is 2.39. The van der Waals surface area contributed by atoms with Crippen molar-refractivity contribution in [3.63, 3.8) is 0 Å². The van der Waals surface area contributed by atoms with Crippen molar-refractivity contribution < 1.29 is 4.74 Å². The molecule has 0 fully saturated rings. The molecule has 0 aliphatic rings. The molecule has 3 N–H and O–H groups in total. The third kappa shape index (κ3) is 3.10. The van der Waals surface area contributed by atoms with Gasteiger partial charge in [0.15, 0.2) is 0 Å². The van der Waals surface area contributed by atoms with E-state index in [1.807, 2.05) is 37.3 Å². The van der Waals surface area contributed by atoms with Gasteiger partial charge in [-0.05, 0) is 43.2 Å². The maximum Gasteiger partial charge on any atom is 0.230 e. The maximum absolute atomic E-state index is 7.53. The molecule has 98 valence electrons. The molecule has 1 heterocycles. The molecule has 4 heteroatoms. The Kier molecular flexibility index (Phi) is 3.80. The van der Waals surface area contributed by atoms with Gasteiger partial charge in [-0.25, -0.2) is 4.98 Å². The number of nitrogen functional groups attached to an aromatic ring is 1. The second kappa shape index (κ2) is 5.52. The van der Waals surface area contributed by atoms with E-state index >= 15 is 0 Å². The number of nitrogens with zero attached hydrogens (tertiary/aromatic N) is 1. The van der Waals surface area contributed by atoms with Gasteiger partial charge in [-0.2, -0.15) is 0 Å². The minimum atomic E-state index is -0.0484. The average molecular weight is 255 g/mol. The molecule has 4 nitrogen and oxygen atoms in total. The van der Waals surface area contributed by atoms with Gasteiger partial charge in [0.05, 0.1) is 5.56 Å². The van der Waals surface area contributed by atoms with Crippen LogP contribution in [-0.4, -0.2) is 10.8 Å². The summed E-state index contributed by atoms with van der Waals surface area (Å²) >= 11 is 0. The number of hydrogen-bond acceptors (Lipinski definition) is 3. The summed E-state index contributed by atoms with van der Waals surface area (Å²) in [5.74, 6) is 1.02. The Morgan fingerprint density at radius 1 is 1.21 bits per heavy atom. The Morgan fingerprint density at radius 3 is 2.47 bits per heavy atom. The van der Waals surface area contributed by atoms with Gasteiger partial charge in [-0.3, -0.25) is 5.41 Å². The van der Waals surface area contributed by atoms with Crippen LogP contribution in [0.1, 0.15) is 23.7 Å². The number of hydrogen-bond donors (Lipinski definition) is 2. The molecule has 0 aliphatic heterocycles. The first-order chi connectivity index (χ1) is 9.10. The molecule has 0 aliphatic carbocycles. The molecule has 1 aromatic heterocycles. The number of aromatic nitrogens is 1. The van der Waals surface area contributed by atoms with Gasteiger partial charge in [-0.1, -0.05) is 19.1 Å². The highest BCUT2D eigenvalue weighted by atomic mass is 16.5. The Labute approximate surface area is 112 Å². The van der Waals surface area contributed by atoms with E-state index in [1.165, 1.54) is 5.56 Å². The summed E-state index contributed by atoms with van der Waals surface area (Å²) in [4.78, 5) is 4.29. The summed E-state index contributed by atoms with van der Waals surface area (Å²) < 4.78 is 5.72. The number of rotatable bonds is 4. The normalized spacial score (nSPS) is 10.2. The molecule has 0 amide bonds. The number of pyridine rings is 1. The topological polar surface area (TPSA) is 72.0 Å². The van der Waals surface area contributed by atoms with Crippen molar-refractivity contribution in [2.75, 3.05) is 0 Å². The molecule has 0 unspecified atom stereocenters. The molecule has 0 spiro atoms. The summed E-state index contributed by atoms with van der Waals surface area (Å²) in [7, 11) is 0. The highest BCUT2D eigenvalue weighted by Crippen LogP contribution is 2.23. The summed E-state index contributed by atoms with van der Waals surface area (Å²) in [5, 5.41) is 7.53. The first-order valence-electron chi connectivity index (χ1n) is 6.19. The molecule has 0 bridgehead atoms. The van der Waals surface area contributed by atoms with Gasteiger partial charge in [0.1, 0.15) is 11.6 Å². The predicted molar refractivity (Wildman–Crippen MR) is 75.9 cm³/mol. The van der Waals surface area contributed by atoms with E-state index < -0.39 is 0 Å². The Morgan fingerprint density at radius 2 is 1.89 bits per heavy atom. The number of ether oxygens (including phenoxy) is 1. The first-order valence-corrected chi connectivity index (χ1v) is 6.19. The molecule has 2 aromatic rings. The molecule has 0 saturated carbocycles. The van der Waals surface area contributed by atoms with Gasteiger partial charge in [-0.15, -0.1) is 0 Å². The van der Waals surface area contributed by atoms with Crippen LogP contribution in [0.15, 0.2) is 36.4 Å². The number of benzene rings is 1. The van der Waals surface area contributed by atoms with Crippen molar-refractivity contribution >= 4 is 5.84 Å². The van der Waals surface area contributed by atoms with Gasteiger partial charge in [0, 0.05) is 5.69 Å². The lowest BCUT2D eigenvalue weighted by Crippen LogP contribution is -2.13. The second-order valence-corrected chi connectivity index (χ2v) is 4.32. The highest BCUT2D eigenvalue weighted by Gasteiger charge is 2.09. The number of amidine groups is 1. The van der Waals surface area contributed by atoms with Crippen LogP contribution in [0.25, 0.3) is 0 Å². The van der Waals surface area contributed by atoms with Crippen LogP contribution in [0.2, 0.25) is 0 Å². The van der Waals surface area contributed by atoms with E-state index in [1.54, 1.807) is 6.07 Å². The fourth-order valence-electron chi connectivity index (χ4n) is 1.72. The third-order valence-electron chi connectivity index (χ3n) is 2.84. The van der Waals surface area contributed by atoms with Crippen LogP contribution in [0.3, 0.4) is 0 Å². The lowest BCUT2D eigenvalue weighted by molar-refractivity contribution is 0.460. The van der Waals surface area contributed by atoms with Crippen LogP contribution in [0.5, 0.6) is 11.6 Å². The van der Waals surface area contributed by atoms with Gasteiger partial charge in [0.2, 0.25) is 5.88 Å². The zero-order chi connectivity index (χ0) is 13.8. The van der Waals surface area contributed by atoms with Crippen molar-refractivity contribution in [1.82, 2.24) is 4.98 Å². The smallest absolute Gasteiger partial charge is 0.230 e. The molecule has 19 heavy (non-hydrogen) atoms. The lowest BCUT2D eigenvalue weighted by Gasteiger charge is -2.10. The molecule has 0 radical (unpaired) electrons. The zero-order valence-electron chi connectivity index (χ0n) is 11.1. The van der Waals surface area contributed by atoms with E-state index in [0.29, 0.717) is 17.2 Å². The van der Waals surface area contributed by atoms with Crippen LogP contribution in [0.4, 0.5) is 0 Å². The summed E-state index contributed by atoms with van der Waals surface area (Å²) in [6.07, 6.45) is 0.988. The van der Waals surface area contributed by atoms with E-state index in [2.05, 4.69) is 11.9 Å². The molecule has 0 saturated heterocycles. The van der Waals surface area contributed by atoms with Gasteiger partial charge in [0.25, 0.3) is 0 Å². The van der Waals surface area contributed by atoms with Gasteiger partial charge < -0.3 is 10.5 Å². The fraction of sp³-hybridized carbons (Fsp3) is 0.200. The monoisotopic (exact) mass is 255 g/mol. The predicted octanol–water partition coefficient (Wildman–Crippen LogP) is 3.03. The second-order valence-electron chi connectivity index (χ2n) is 4.32. The number of nitrogens with two attached hydrogens (primary N) is 1. The Balaban J connectivity index is 2.31. The van der Waals surface area contributed by atoms with E-state index in [9.17, 15) is 0 Å². The minimum absolute atomic E-state index is 0.0484. The van der Waals surface area contributed by atoms with E-state index in [4.69, 9.17) is 15.9 Å². The molecule has 1 aromatic carbocycles. The van der Waals surface area contributed by atoms with Crippen LogP contribution in [0, 0.1) is 12.3 Å². The van der Waals surface area contributed by atoms with Crippen molar-refractivity contribution in [2.45, 2.75) is 20.3 Å². The van der Waals surface area contributed by atoms with Crippen molar-refractivity contribution in [2.24, 2.45) is 5.73 Å². The van der Waals surface area contributed by atoms with Crippen LogP contribution in [-0.2, 0) is 6.42 Å². The van der Waals surface area contributed by atoms with E-state index in [0.717, 1.165) is 12.1 Å². The van der Waals surface area contributed by atoms with Crippen LogP contribution < -0.4 is 10.5 Å². The van der Waals surface area contributed by atoms with Crippen molar-refractivity contribution in [1.29, 1.82) is 5.41 Å². The van der Waals surface area contributed by atoms with Crippen molar-refractivity contribution in [3.8, 4) is 11.6 Å². The minimum Gasteiger partial charge on any atom is -0.438 e. The highest BCUT2D eigenvalue weighted by molar-refractivity contribution is 5.97. The Bertz CT molecular complexity index is 591. The Hall–Kier alpha value is -2.36. The largest absolute Gasteiger partial charge is 0.438 e. The fourth-order valence-corrected chi connectivity index (χ4v) is 1.72. The first kappa shape index (κ1) is 13.1. The summed E-state index contributed by atoms with van der Waals surface area (Å²) in [6.45, 7) is 3.97. The maximum atomic E-state index is 7.53. The quantitative estimate of drug-likeness (QED) is 0.651. The summed E-state index contributed by atoms with van der Waals surface area (Å²) in [5.41, 5.74) is 8.10. The molecule has 0 atom stereocenters. The molecule has 2 rings (SSSR count). The third-order valence-corrected chi connectivity index (χ3v) is 2.84. The number of nitrogens with one attached hydrogen (secondary N) is 1. The standard InChI is InChI=1S/C15H17N3O/c1-3-11-5-7-12(8-6-11)19-15-13(14(16)17)9-4-10(2)18-15/h4-9H,3H2,1-2H3,(H3,16,17). The van der Waals surface area contributed by atoms with Crippen molar-refractivity contribution in [3.05, 3.63) is 53.2 Å². The van der Waals surface area contributed by atoms with E-state index in [-0.39, 0.29) is 5.84 Å². The molecular weight excluding hydrogens is 238 g/mol. The van der Waals surface area contributed by atoms with Crippen LogP contribution >= 0.6 is 0 Å². The summed E-state index contributed by atoms with van der Waals surface area (Å²) in [6, 6.07) is 11.4.